The van der Waals surface area contributed by atoms with Gasteiger partial charge >= 0.3 is 6.61 Å². The quantitative estimate of drug-likeness (QED) is 0.747. The third-order valence-electron chi connectivity index (χ3n) is 4.60. The van der Waals surface area contributed by atoms with E-state index in [1.165, 1.54) is 25.3 Å². The fraction of sp³-hybridized carbons (Fsp3) is 0.550. The Morgan fingerprint density at radius 1 is 1.07 bits per heavy atom. The van der Waals surface area contributed by atoms with Crippen LogP contribution in [0.15, 0.2) is 18.2 Å². The van der Waals surface area contributed by atoms with Gasteiger partial charge in [-0.25, -0.2) is 0 Å². The molecule has 0 atom stereocenters. The molecule has 1 saturated heterocycles. The third-order valence-corrected chi connectivity index (χ3v) is 4.60. The van der Waals surface area contributed by atoms with Gasteiger partial charge in [0.2, 0.25) is 11.8 Å². The Kier molecular flexibility index (Phi) is 7.58. The number of benzene rings is 1. The maximum absolute atomic E-state index is 12.4. The van der Waals surface area contributed by atoms with Gasteiger partial charge in [0.1, 0.15) is 0 Å². The van der Waals surface area contributed by atoms with Crippen LogP contribution in [0, 0.1) is 5.41 Å². The van der Waals surface area contributed by atoms with E-state index < -0.39 is 17.9 Å². The molecule has 1 aromatic rings. The van der Waals surface area contributed by atoms with E-state index in [2.05, 4.69) is 10.1 Å². The molecule has 0 aromatic heterocycles. The summed E-state index contributed by atoms with van der Waals surface area (Å²) < 4.78 is 34.1. The summed E-state index contributed by atoms with van der Waals surface area (Å²) in [5.74, 6) is -0.990. The summed E-state index contributed by atoms with van der Waals surface area (Å²) in [7, 11) is 1.27. The van der Waals surface area contributed by atoms with Crippen molar-refractivity contribution in [3.05, 3.63) is 23.8 Å². The average Bonchev–Trinajstić information content (AvgIpc) is 2.70. The lowest BCUT2D eigenvalue weighted by Crippen LogP contribution is -2.54. The van der Waals surface area contributed by atoms with Gasteiger partial charge in [-0.1, -0.05) is 20.8 Å². The second kappa shape index (κ2) is 9.73. The van der Waals surface area contributed by atoms with Crippen molar-refractivity contribution in [3.8, 4) is 11.5 Å². The monoisotopic (exact) mass is 427 g/mol. The highest BCUT2D eigenvalue weighted by atomic mass is 19.3. The minimum absolute atomic E-state index is 0.0195. The van der Waals surface area contributed by atoms with Crippen LogP contribution in [0.5, 0.6) is 11.5 Å². The zero-order valence-corrected chi connectivity index (χ0v) is 17.5. The van der Waals surface area contributed by atoms with Crippen molar-refractivity contribution in [2.45, 2.75) is 27.4 Å². The first-order chi connectivity index (χ1) is 14.0. The number of hydrogen-bond donors (Lipinski definition) is 1. The molecule has 0 bridgehead atoms. The van der Waals surface area contributed by atoms with Gasteiger partial charge in [-0.05, 0) is 18.2 Å². The van der Waals surface area contributed by atoms with Crippen molar-refractivity contribution >= 4 is 17.7 Å². The Morgan fingerprint density at radius 2 is 1.67 bits per heavy atom. The minimum Gasteiger partial charge on any atom is -0.493 e. The molecule has 0 radical (unpaired) electrons. The van der Waals surface area contributed by atoms with E-state index in [1.807, 2.05) is 20.8 Å². The predicted octanol–water partition coefficient (Wildman–Crippen LogP) is 1.74. The van der Waals surface area contributed by atoms with Gasteiger partial charge in [-0.3, -0.25) is 14.4 Å². The molecule has 1 N–H and O–H groups in total. The number of carbonyl (C=O) groups is 3. The van der Waals surface area contributed by atoms with E-state index in [0.29, 0.717) is 26.2 Å². The van der Waals surface area contributed by atoms with E-state index in [0.717, 1.165) is 0 Å². The Morgan fingerprint density at radius 3 is 2.20 bits per heavy atom. The number of alkyl halides is 2. The van der Waals surface area contributed by atoms with Gasteiger partial charge in [0.15, 0.2) is 11.5 Å². The van der Waals surface area contributed by atoms with Crippen molar-refractivity contribution in [3.63, 3.8) is 0 Å². The molecule has 2 rings (SSSR count). The minimum atomic E-state index is -3.02. The second-order valence-corrected chi connectivity index (χ2v) is 7.85. The Balaban J connectivity index is 1.88. The Labute approximate surface area is 174 Å². The summed E-state index contributed by atoms with van der Waals surface area (Å²) in [5.41, 5.74) is -0.334. The van der Waals surface area contributed by atoms with Crippen LogP contribution in [0.25, 0.3) is 0 Å². The van der Waals surface area contributed by atoms with Crippen molar-refractivity contribution in [1.82, 2.24) is 15.1 Å². The van der Waals surface area contributed by atoms with Crippen LogP contribution >= 0.6 is 0 Å². The van der Waals surface area contributed by atoms with E-state index in [1.54, 1.807) is 9.80 Å². The summed E-state index contributed by atoms with van der Waals surface area (Å²) in [5, 5.41) is 2.51. The van der Waals surface area contributed by atoms with Crippen LogP contribution in [0.2, 0.25) is 0 Å². The molecule has 1 fully saturated rings. The van der Waals surface area contributed by atoms with Gasteiger partial charge in [0, 0.05) is 37.2 Å². The molecule has 166 valence electrons. The summed E-state index contributed by atoms with van der Waals surface area (Å²) in [6.45, 7) is 3.99. The average molecular weight is 427 g/mol. The van der Waals surface area contributed by atoms with Crippen LogP contribution in [0.3, 0.4) is 0 Å². The molecule has 1 aliphatic heterocycles. The number of methoxy groups -OCH3 is 1. The van der Waals surface area contributed by atoms with Crippen molar-refractivity contribution in [2.24, 2.45) is 5.41 Å². The molecule has 1 aliphatic rings. The number of nitrogens with zero attached hydrogens (tertiary/aromatic N) is 2. The van der Waals surface area contributed by atoms with Gasteiger partial charge in [0.25, 0.3) is 5.91 Å². The smallest absolute Gasteiger partial charge is 0.387 e. The molecule has 10 heteroatoms. The third kappa shape index (κ3) is 6.04. The first kappa shape index (κ1) is 23.4. The Hall–Kier alpha value is -2.91. The van der Waals surface area contributed by atoms with Gasteiger partial charge in [0.05, 0.1) is 13.7 Å². The van der Waals surface area contributed by atoms with E-state index >= 15 is 0 Å². The van der Waals surface area contributed by atoms with Crippen LogP contribution in [0.4, 0.5) is 8.78 Å². The van der Waals surface area contributed by atoms with Crippen molar-refractivity contribution < 1.29 is 32.6 Å². The van der Waals surface area contributed by atoms with Crippen LogP contribution < -0.4 is 14.8 Å². The highest BCUT2D eigenvalue weighted by molar-refractivity contribution is 5.97. The summed E-state index contributed by atoms with van der Waals surface area (Å²) in [4.78, 5) is 40.3. The summed E-state index contributed by atoms with van der Waals surface area (Å²) in [6, 6.07) is 3.76. The number of rotatable bonds is 6. The van der Waals surface area contributed by atoms with Crippen molar-refractivity contribution in [1.29, 1.82) is 0 Å². The normalized spacial score (nSPS) is 14.5. The molecule has 8 nitrogen and oxygen atoms in total. The maximum atomic E-state index is 12.4. The highest BCUT2D eigenvalue weighted by Gasteiger charge is 2.30. The van der Waals surface area contributed by atoms with E-state index in [-0.39, 0.29) is 35.4 Å². The Bertz CT molecular complexity index is 787. The SMILES string of the molecule is COc1cc(C(=O)NCC(=O)N2CCN(C(=O)C(C)(C)C)CC2)ccc1OC(F)F. The molecular weight excluding hydrogens is 400 g/mol. The van der Waals surface area contributed by atoms with Gasteiger partial charge in [-0.2, -0.15) is 8.78 Å². The number of hydrogen-bond acceptors (Lipinski definition) is 5. The van der Waals surface area contributed by atoms with Crippen molar-refractivity contribution in [2.75, 3.05) is 39.8 Å². The van der Waals surface area contributed by atoms with E-state index in [9.17, 15) is 23.2 Å². The molecule has 0 aliphatic carbocycles. The zero-order chi connectivity index (χ0) is 22.5. The first-order valence-corrected chi connectivity index (χ1v) is 9.51. The summed E-state index contributed by atoms with van der Waals surface area (Å²) >= 11 is 0. The lowest BCUT2D eigenvalue weighted by atomic mass is 9.94. The second-order valence-electron chi connectivity index (χ2n) is 7.85. The molecule has 3 amide bonds. The number of carbonyl (C=O) groups excluding carboxylic acids is 3. The number of piperazine rings is 1. The molecule has 1 aromatic carbocycles. The lowest BCUT2D eigenvalue weighted by Gasteiger charge is -2.37. The number of nitrogens with one attached hydrogen (secondary N) is 1. The van der Waals surface area contributed by atoms with Crippen LogP contribution in [-0.2, 0) is 9.59 Å². The predicted molar refractivity (Wildman–Crippen MR) is 105 cm³/mol. The zero-order valence-electron chi connectivity index (χ0n) is 17.5. The largest absolute Gasteiger partial charge is 0.493 e. The maximum Gasteiger partial charge on any atom is 0.387 e. The molecule has 30 heavy (non-hydrogen) atoms. The topological polar surface area (TPSA) is 88.2 Å². The fourth-order valence-electron chi connectivity index (χ4n) is 3.01. The summed E-state index contributed by atoms with van der Waals surface area (Å²) in [6.07, 6.45) is 0. The molecular formula is C20H27F2N3O5. The number of ether oxygens (including phenoxy) is 2. The first-order valence-electron chi connectivity index (χ1n) is 9.51. The molecule has 0 saturated carbocycles. The number of halogens is 2. The number of amides is 3. The fourth-order valence-corrected chi connectivity index (χ4v) is 3.01. The van der Waals surface area contributed by atoms with Crippen LogP contribution in [0.1, 0.15) is 31.1 Å². The lowest BCUT2D eigenvalue weighted by molar-refractivity contribution is -0.144. The standard InChI is InChI=1S/C20H27F2N3O5/c1-20(2,3)18(28)25-9-7-24(8-10-25)16(26)12-23-17(27)13-5-6-14(30-19(21)22)15(11-13)29-4/h5-6,11,19H,7-10,12H2,1-4H3,(H,23,27). The highest BCUT2D eigenvalue weighted by Crippen LogP contribution is 2.29. The molecule has 1 heterocycles. The van der Waals surface area contributed by atoms with Gasteiger partial charge < -0.3 is 24.6 Å². The molecule has 0 spiro atoms. The van der Waals surface area contributed by atoms with Crippen LogP contribution in [-0.4, -0.2) is 74.0 Å². The van der Waals surface area contributed by atoms with E-state index in [4.69, 9.17) is 4.74 Å². The molecule has 0 unspecified atom stereocenters. The van der Waals surface area contributed by atoms with Gasteiger partial charge in [-0.15, -0.1) is 0 Å².